The number of hydrogen-bond acceptors (Lipinski definition) is 4. The Morgan fingerprint density at radius 2 is 2.10 bits per heavy atom. The summed E-state index contributed by atoms with van der Waals surface area (Å²) in [5.41, 5.74) is 6.19. The maximum Gasteiger partial charge on any atom is 0.331 e. The van der Waals surface area contributed by atoms with E-state index in [4.69, 9.17) is 17.3 Å². The second-order valence-corrected chi connectivity index (χ2v) is 5.07. The smallest absolute Gasteiger partial charge is 0.329 e. The van der Waals surface area contributed by atoms with Crippen LogP contribution >= 0.6 is 11.6 Å². The molecule has 8 heteroatoms. The van der Waals surface area contributed by atoms with Crippen molar-refractivity contribution in [1.29, 1.82) is 0 Å². The average molecular weight is 312 g/mol. The van der Waals surface area contributed by atoms with E-state index in [1.807, 2.05) is 6.92 Å². The SMILES string of the molecule is CCc1nn(C)c(Cn2ccc(=O)n(CCN)c2=O)c1Cl. The first kappa shape index (κ1) is 15.5. The number of nitrogens with two attached hydrogens (primary N) is 1. The molecule has 0 radical (unpaired) electrons. The summed E-state index contributed by atoms with van der Waals surface area (Å²) in [4.78, 5) is 24.0. The highest BCUT2D eigenvalue weighted by molar-refractivity contribution is 6.31. The van der Waals surface area contributed by atoms with Gasteiger partial charge >= 0.3 is 5.69 Å². The van der Waals surface area contributed by atoms with Crippen LogP contribution in [0, 0.1) is 0 Å². The summed E-state index contributed by atoms with van der Waals surface area (Å²) in [5.74, 6) is 0. The molecule has 0 aromatic carbocycles. The number of rotatable bonds is 5. The number of aryl methyl sites for hydroxylation is 2. The van der Waals surface area contributed by atoms with Gasteiger partial charge in [0.2, 0.25) is 0 Å². The van der Waals surface area contributed by atoms with Gasteiger partial charge in [0.25, 0.3) is 5.56 Å². The van der Waals surface area contributed by atoms with Crippen LogP contribution in [0.3, 0.4) is 0 Å². The molecule has 0 saturated heterocycles. The number of hydrogen-bond donors (Lipinski definition) is 1. The first-order chi connectivity index (χ1) is 9.99. The van der Waals surface area contributed by atoms with E-state index in [1.165, 1.54) is 16.8 Å². The van der Waals surface area contributed by atoms with Gasteiger partial charge in [-0.3, -0.25) is 18.6 Å². The van der Waals surface area contributed by atoms with Crippen LogP contribution in [0.15, 0.2) is 21.9 Å². The molecule has 0 aliphatic rings. The summed E-state index contributed by atoms with van der Waals surface area (Å²) in [7, 11) is 1.78. The Morgan fingerprint density at radius 3 is 2.67 bits per heavy atom. The molecule has 2 aromatic heterocycles. The highest BCUT2D eigenvalue weighted by Gasteiger charge is 2.14. The maximum absolute atomic E-state index is 12.3. The third-order valence-electron chi connectivity index (χ3n) is 3.32. The minimum absolute atomic E-state index is 0.192. The van der Waals surface area contributed by atoms with Gasteiger partial charge in [0.05, 0.1) is 23.0 Å². The molecule has 0 amide bonds. The molecule has 0 unspecified atom stereocenters. The predicted molar refractivity (Wildman–Crippen MR) is 80.7 cm³/mol. The molecular formula is C13H18ClN5O2. The number of aromatic nitrogens is 4. The predicted octanol–water partition coefficient (Wildman–Crippen LogP) is -0.0337. The topological polar surface area (TPSA) is 87.8 Å². The van der Waals surface area contributed by atoms with Crippen molar-refractivity contribution < 1.29 is 0 Å². The van der Waals surface area contributed by atoms with Gasteiger partial charge in [-0.05, 0) is 6.42 Å². The first-order valence-electron chi connectivity index (χ1n) is 6.70. The van der Waals surface area contributed by atoms with Crippen molar-refractivity contribution in [2.45, 2.75) is 26.4 Å². The third kappa shape index (κ3) is 2.93. The first-order valence-corrected chi connectivity index (χ1v) is 7.08. The van der Waals surface area contributed by atoms with E-state index in [1.54, 1.807) is 11.7 Å². The fraction of sp³-hybridized carbons (Fsp3) is 0.462. The zero-order valence-electron chi connectivity index (χ0n) is 12.0. The van der Waals surface area contributed by atoms with E-state index in [-0.39, 0.29) is 25.2 Å². The van der Waals surface area contributed by atoms with Gasteiger partial charge in [0.1, 0.15) is 0 Å². The Labute approximate surface area is 126 Å². The largest absolute Gasteiger partial charge is 0.331 e. The zero-order valence-corrected chi connectivity index (χ0v) is 12.8. The molecule has 7 nitrogen and oxygen atoms in total. The van der Waals surface area contributed by atoms with Gasteiger partial charge in [0, 0.05) is 32.4 Å². The molecule has 114 valence electrons. The lowest BCUT2D eigenvalue weighted by atomic mass is 10.3. The molecule has 0 fully saturated rings. The summed E-state index contributed by atoms with van der Waals surface area (Å²) < 4.78 is 4.20. The third-order valence-corrected chi connectivity index (χ3v) is 3.75. The van der Waals surface area contributed by atoms with Gasteiger partial charge in [-0.15, -0.1) is 0 Å². The van der Waals surface area contributed by atoms with Gasteiger partial charge in [-0.2, -0.15) is 5.10 Å². The molecule has 2 N–H and O–H groups in total. The van der Waals surface area contributed by atoms with Crippen LogP contribution < -0.4 is 17.0 Å². The van der Waals surface area contributed by atoms with E-state index >= 15 is 0 Å². The molecule has 0 aliphatic heterocycles. The number of nitrogens with zero attached hydrogens (tertiary/aromatic N) is 4. The monoisotopic (exact) mass is 311 g/mol. The Morgan fingerprint density at radius 1 is 1.38 bits per heavy atom. The standard InChI is InChI=1S/C13H18ClN5O2/c1-3-9-12(14)10(17(2)16-9)8-18-6-4-11(20)19(7-5-15)13(18)21/h4,6H,3,5,7-8,15H2,1-2H3. The van der Waals surface area contributed by atoms with Crippen molar-refractivity contribution in [3.8, 4) is 0 Å². The van der Waals surface area contributed by atoms with Crippen LogP contribution in [0.25, 0.3) is 0 Å². The normalized spacial score (nSPS) is 11.0. The Hall–Kier alpha value is -1.86. The molecular weight excluding hydrogens is 294 g/mol. The van der Waals surface area contributed by atoms with Crippen LogP contribution in [-0.2, 0) is 26.6 Å². The molecule has 0 bridgehead atoms. The van der Waals surface area contributed by atoms with Crippen molar-refractivity contribution >= 4 is 11.6 Å². The van der Waals surface area contributed by atoms with Crippen LogP contribution in [0.2, 0.25) is 5.02 Å². The van der Waals surface area contributed by atoms with Crippen molar-refractivity contribution in [1.82, 2.24) is 18.9 Å². The lowest BCUT2D eigenvalue weighted by molar-refractivity contribution is 0.564. The van der Waals surface area contributed by atoms with E-state index in [0.29, 0.717) is 11.4 Å². The second kappa shape index (κ2) is 6.28. The zero-order chi connectivity index (χ0) is 15.6. The van der Waals surface area contributed by atoms with Gasteiger partial charge < -0.3 is 5.73 Å². The Bertz CT molecular complexity index is 759. The molecule has 0 spiro atoms. The molecule has 2 aromatic rings. The molecule has 0 saturated carbocycles. The van der Waals surface area contributed by atoms with Crippen molar-refractivity contribution in [3.05, 3.63) is 49.5 Å². The minimum atomic E-state index is -0.400. The molecule has 2 heterocycles. The van der Waals surface area contributed by atoms with E-state index < -0.39 is 5.69 Å². The Balaban J connectivity index is 2.46. The Kier molecular flexibility index (Phi) is 4.64. The highest BCUT2D eigenvalue weighted by atomic mass is 35.5. The van der Waals surface area contributed by atoms with Gasteiger partial charge in [-0.25, -0.2) is 4.79 Å². The summed E-state index contributed by atoms with van der Waals surface area (Å²) >= 11 is 6.28. The van der Waals surface area contributed by atoms with Crippen molar-refractivity contribution in [2.24, 2.45) is 12.8 Å². The minimum Gasteiger partial charge on any atom is -0.329 e. The lowest BCUT2D eigenvalue weighted by Crippen LogP contribution is -2.40. The summed E-state index contributed by atoms with van der Waals surface area (Å²) in [6.45, 7) is 2.64. The molecule has 0 aliphatic carbocycles. The maximum atomic E-state index is 12.3. The fourth-order valence-corrected chi connectivity index (χ4v) is 2.52. The van der Waals surface area contributed by atoms with E-state index in [0.717, 1.165) is 16.0 Å². The van der Waals surface area contributed by atoms with Gasteiger partial charge in [-0.1, -0.05) is 18.5 Å². The van der Waals surface area contributed by atoms with Crippen molar-refractivity contribution in [3.63, 3.8) is 0 Å². The van der Waals surface area contributed by atoms with Crippen molar-refractivity contribution in [2.75, 3.05) is 6.54 Å². The van der Waals surface area contributed by atoms with Crippen LogP contribution in [0.4, 0.5) is 0 Å². The van der Waals surface area contributed by atoms with Gasteiger partial charge in [0.15, 0.2) is 0 Å². The quantitative estimate of drug-likeness (QED) is 0.839. The fourth-order valence-electron chi connectivity index (χ4n) is 2.16. The molecule has 0 atom stereocenters. The average Bonchev–Trinajstić information content (AvgIpc) is 2.73. The second-order valence-electron chi connectivity index (χ2n) is 4.69. The summed E-state index contributed by atoms with van der Waals surface area (Å²) in [6, 6.07) is 1.35. The van der Waals surface area contributed by atoms with E-state index in [2.05, 4.69) is 5.10 Å². The number of halogens is 1. The van der Waals surface area contributed by atoms with Crippen LogP contribution in [-0.4, -0.2) is 25.5 Å². The van der Waals surface area contributed by atoms with Crippen LogP contribution in [0.5, 0.6) is 0 Å². The van der Waals surface area contributed by atoms with E-state index in [9.17, 15) is 9.59 Å². The molecule has 21 heavy (non-hydrogen) atoms. The molecule has 2 rings (SSSR count). The van der Waals surface area contributed by atoms with Crippen LogP contribution in [0.1, 0.15) is 18.3 Å². The summed E-state index contributed by atoms with van der Waals surface area (Å²) in [5, 5.41) is 4.87. The summed E-state index contributed by atoms with van der Waals surface area (Å²) in [6.07, 6.45) is 2.18. The lowest BCUT2D eigenvalue weighted by Gasteiger charge is -2.09. The highest BCUT2D eigenvalue weighted by Crippen LogP contribution is 2.21.